The number of pyridine rings is 1. The Hall–Kier alpha value is -2.16. The number of methoxy groups -OCH3 is 1. The number of amides is 1. The quantitative estimate of drug-likeness (QED) is 0.777. The number of halogens is 3. The van der Waals surface area contributed by atoms with Crippen LogP contribution in [0.2, 0.25) is 0 Å². The maximum atomic E-state index is 12.4. The molecule has 0 aliphatic rings. The molecule has 2 atom stereocenters. The number of esters is 1. The summed E-state index contributed by atoms with van der Waals surface area (Å²) in [6.45, 7) is 1.43. The molecule has 0 radical (unpaired) electrons. The highest BCUT2D eigenvalue weighted by Crippen LogP contribution is 2.27. The van der Waals surface area contributed by atoms with Gasteiger partial charge in [0.05, 0.1) is 13.2 Å². The number of alkyl halides is 3. The van der Waals surface area contributed by atoms with Crippen LogP contribution in [0.1, 0.15) is 18.2 Å². The van der Waals surface area contributed by atoms with Gasteiger partial charge in [-0.3, -0.25) is 9.78 Å². The van der Waals surface area contributed by atoms with Gasteiger partial charge in [-0.1, -0.05) is 6.07 Å². The van der Waals surface area contributed by atoms with Crippen LogP contribution in [0.5, 0.6) is 0 Å². The molecule has 1 rings (SSSR count). The molecule has 0 saturated carbocycles. The summed E-state index contributed by atoms with van der Waals surface area (Å²) in [6.07, 6.45) is -3.60. The van der Waals surface area contributed by atoms with Gasteiger partial charge in [-0.15, -0.1) is 0 Å². The van der Waals surface area contributed by atoms with Crippen LogP contribution in [-0.4, -0.2) is 36.1 Å². The van der Waals surface area contributed by atoms with Crippen LogP contribution in [0.4, 0.5) is 13.2 Å². The molecule has 0 aliphatic heterocycles. The highest BCUT2D eigenvalue weighted by atomic mass is 19.4. The Morgan fingerprint density at radius 1 is 1.41 bits per heavy atom. The number of aromatic nitrogens is 1. The number of hydrogen-bond acceptors (Lipinski definition) is 5. The van der Waals surface area contributed by atoms with E-state index in [9.17, 15) is 22.8 Å². The maximum absolute atomic E-state index is 12.4. The van der Waals surface area contributed by atoms with E-state index < -0.39 is 35.8 Å². The summed E-state index contributed by atoms with van der Waals surface area (Å²) in [5.41, 5.74) is 4.69. The first-order valence-electron chi connectivity index (χ1n) is 6.31. The molecule has 1 aromatic rings. The number of nitrogens with one attached hydrogen (secondary N) is 1. The van der Waals surface area contributed by atoms with E-state index >= 15 is 0 Å². The van der Waals surface area contributed by atoms with Gasteiger partial charge in [0, 0.05) is 12.6 Å². The van der Waals surface area contributed by atoms with Gasteiger partial charge < -0.3 is 15.8 Å². The van der Waals surface area contributed by atoms with E-state index in [-0.39, 0.29) is 6.42 Å². The molecule has 0 bridgehead atoms. The normalized spacial score (nSPS) is 14.1. The van der Waals surface area contributed by atoms with Gasteiger partial charge in [0.25, 0.3) is 0 Å². The van der Waals surface area contributed by atoms with Crippen molar-refractivity contribution < 1.29 is 27.5 Å². The topological polar surface area (TPSA) is 94.3 Å². The van der Waals surface area contributed by atoms with Crippen LogP contribution in [0.25, 0.3) is 0 Å². The average molecular weight is 319 g/mol. The third-order valence-electron chi connectivity index (χ3n) is 2.77. The Bertz CT molecular complexity index is 530. The summed E-state index contributed by atoms with van der Waals surface area (Å²) in [5, 5.41) is 2.37. The summed E-state index contributed by atoms with van der Waals surface area (Å²) in [4.78, 5) is 26.5. The van der Waals surface area contributed by atoms with Gasteiger partial charge in [0.2, 0.25) is 5.91 Å². The molecular weight excluding hydrogens is 303 g/mol. The molecule has 0 spiro atoms. The van der Waals surface area contributed by atoms with Crippen LogP contribution in [0.3, 0.4) is 0 Å². The van der Waals surface area contributed by atoms with Crippen molar-refractivity contribution in [2.75, 3.05) is 7.11 Å². The Balaban J connectivity index is 2.86. The number of nitrogens with two attached hydrogens (primary N) is 1. The van der Waals surface area contributed by atoms with Gasteiger partial charge in [-0.05, 0) is 18.6 Å². The summed E-state index contributed by atoms with van der Waals surface area (Å²) in [6, 6.07) is 0.0980. The predicted octanol–water partition coefficient (Wildman–Crippen LogP) is 0.648. The molecule has 22 heavy (non-hydrogen) atoms. The monoisotopic (exact) mass is 319 g/mol. The molecule has 1 aromatic heterocycles. The molecule has 0 aliphatic carbocycles. The van der Waals surface area contributed by atoms with E-state index in [1.807, 2.05) is 0 Å². The predicted molar refractivity (Wildman–Crippen MR) is 70.5 cm³/mol. The molecule has 0 unspecified atom stereocenters. The smallest absolute Gasteiger partial charge is 0.433 e. The summed E-state index contributed by atoms with van der Waals surface area (Å²) >= 11 is 0. The Kier molecular flexibility index (Phi) is 5.86. The van der Waals surface area contributed by atoms with Crippen molar-refractivity contribution in [1.29, 1.82) is 0 Å². The maximum Gasteiger partial charge on any atom is 0.433 e. The van der Waals surface area contributed by atoms with E-state index in [0.717, 1.165) is 19.4 Å². The van der Waals surface area contributed by atoms with Crippen molar-refractivity contribution in [3.05, 3.63) is 29.6 Å². The Morgan fingerprint density at radius 3 is 2.45 bits per heavy atom. The van der Waals surface area contributed by atoms with E-state index in [4.69, 9.17) is 5.73 Å². The number of hydrogen-bond donors (Lipinski definition) is 2. The first-order valence-corrected chi connectivity index (χ1v) is 6.31. The number of nitrogens with zero attached hydrogens (tertiary/aromatic N) is 1. The lowest BCUT2D eigenvalue weighted by atomic mass is 10.1. The molecule has 0 saturated heterocycles. The van der Waals surface area contributed by atoms with Crippen molar-refractivity contribution in [1.82, 2.24) is 10.3 Å². The second-order valence-electron chi connectivity index (χ2n) is 4.63. The van der Waals surface area contributed by atoms with Gasteiger partial charge in [-0.2, -0.15) is 13.2 Å². The molecule has 6 nitrogen and oxygen atoms in total. The Labute approximate surface area is 124 Å². The van der Waals surface area contributed by atoms with Crippen molar-refractivity contribution in [2.24, 2.45) is 5.73 Å². The van der Waals surface area contributed by atoms with Gasteiger partial charge in [0.1, 0.15) is 11.7 Å². The van der Waals surface area contributed by atoms with E-state index in [1.165, 1.54) is 13.0 Å². The molecule has 122 valence electrons. The zero-order chi connectivity index (χ0) is 16.9. The first kappa shape index (κ1) is 17.9. The van der Waals surface area contributed by atoms with Crippen LogP contribution >= 0.6 is 0 Å². The minimum Gasteiger partial charge on any atom is -0.467 e. The standard InChI is InChI=1S/C13H16F3N3O3/c1-7(17)11(20)19-9(12(21)22-2)5-8-3-4-10(18-6-8)13(14,15)16/h3-4,6-7,9H,5,17H2,1-2H3,(H,19,20)/t7-,9+/m1/s1. The molecule has 1 amide bonds. The zero-order valence-corrected chi connectivity index (χ0v) is 12.0. The fourth-order valence-electron chi connectivity index (χ4n) is 1.59. The highest BCUT2D eigenvalue weighted by Gasteiger charge is 2.32. The minimum atomic E-state index is -4.54. The van der Waals surface area contributed by atoms with Gasteiger partial charge in [-0.25, -0.2) is 4.79 Å². The lowest BCUT2D eigenvalue weighted by Crippen LogP contribution is -2.48. The number of carbonyl (C=O) groups excluding carboxylic acids is 2. The zero-order valence-electron chi connectivity index (χ0n) is 12.0. The fourth-order valence-corrected chi connectivity index (χ4v) is 1.59. The van der Waals surface area contributed by atoms with E-state index in [2.05, 4.69) is 15.0 Å². The fraction of sp³-hybridized carbons (Fsp3) is 0.462. The van der Waals surface area contributed by atoms with Gasteiger partial charge in [0.15, 0.2) is 0 Å². The molecule has 3 N–H and O–H groups in total. The first-order chi connectivity index (χ1) is 10.1. The largest absolute Gasteiger partial charge is 0.467 e. The van der Waals surface area contributed by atoms with Gasteiger partial charge >= 0.3 is 12.1 Å². The van der Waals surface area contributed by atoms with Crippen LogP contribution in [-0.2, 0) is 26.9 Å². The highest BCUT2D eigenvalue weighted by molar-refractivity contribution is 5.87. The molecular formula is C13H16F3N3O3. The number of rotatable bonds is 5. The summed E-state index contributed by atoms with van der Waals surface area (Å²) < 4.78 is 41.8. The molecule has 9 heteroatoms. The lowest BCUT2D eigenvalue weighted by molar-refractivity contribution is -0.145. The molecule has 1 heterocycles. The van der Waals surface area contributed by atoms with Crippen molar-refractivity contribution >= 4 is 11.9 Å². The average Bonchev–Trinajstić information content (AvgIpc) is 2.45. The number of ether oxygens (including phenoxy) is 1. The number of carbonyl (C=O) groups is 2. The van der Waals surface area contributed by atoms with Crippen LogP contribution in [0.15, 0.2) is 18.3 Å². The third-order valence-corrected chi connectivity index (χ3v) is 2.77. The second-order valence-corrected chi connectivity index (χ2v) is 4.63. The summed E-state index contributed by atoms with van der Waals surface area (Å²) in [7, 11) is 1.14. The van der Waals surface area contributed by atoms with Crippen molar-refractivity contribution in [3.63, 3.8) is 0 Å². The SMILES string of the molecule is COC(=O)[C@H](Cc1ccc(C(F)(F)F)nc1)NC(=O)[C@@H](C)N. The lowest BCUT2D eigenvalue weighted by Gasteiger charge is -2.18. The van der Waals surface area contributed by atoms with E-state index in [1.54, 1.807) is 0 Å². The third kappa shape index (κ3) is 4.99. The van der Waals surface area contributed by atoms with E-state index in [0.29, 0.717) is 5.56 Å². The summed E-state index contributed by atoms with van der Waals surface area (Å²) in [5.74, 6) is -1.30. The Morgan fingerprint density at radius 2 is 2.05 bits per heavy atom. The second kappa shape index (κ2) is 7.21. The van der Waals surface area contributed by atoms with Crippen LogP contribution in [0, 0.1) is 0 Å². The van der Waals surface area contributed by atoms with Crippen molar-refractivity contribution in [2.45, 2.75) is 31.6 Å². The minimum absolute atomic E-state index is 0.0593. The molecule has 0 fully saturated rings. The van der Waals surface area contributed by atoms with Crippen LogP contribution < -0.4 is 11.1 Å². The van der Waals surface area contributed by atoms with Crippen molar-refractivity contribution in [3.8, 4) is 0 Å². The molecule has 0 aromatic carbocycles.